The van der Waals surface area contributed by atoms with Gasteiger partial charge >= 0.3 is 0 Å². The summed E-state index contributed by atoms with van der Waals surface area (Å²) in [5.74, 6) is -0.279. The molecule has 0 aliphatic heterocycles. The third-order valence-electron chi connectivity index (χ3n) is 1.86. The Morgan fingerprint density at radius 2 is 2.14 bits per heavy atom. The van der Waals surface area contributed by atoms with Crippen LogP contribution in [0.3, 0.4) is 0 Å². The number of carbonyl (C=O) groups is 1. The largest absolute Gasteiger partial charge is 0.354 e. The zero-order valence-corrected chi connectivity index (χ0v) is 9.24. The summed E-state index contributed by atoms with van der Waals surface area (Å²) in [4.78, 5) is 13.2. The number of amides is 1. The van der Waals surface area contributed by atoms with Gasteiger partial charge in [-0.3, -0.25) is 4.79 Å². The van der Waals surface area contributed by atoms with E-state index in [2.05, 4.69) is 5.32 Å². The van der Waals surface area contributed by atoms with Crippen LogP contribution >= 0.6 is 0 Å². The van der Waals surface area contributed by atoms with Gasteiger partial charge in [0.1, 0.15) is 0 Å². The minimum atomic E-state index is -0.931. The molecule has 0 aliphatic rings. The minimum absolute atomic E-state index is 0.279. The fourth-order valence-electron chi connectivity index (χ4n) is 1.01. The molecule has 0 spiro atoms. The number of ether oxygens (including phenoxy) is 2. The first-order valence-corrected chi connectivity index (χ1v) is 4.54. The maximum absolute atomic E-state index is 11.6. The Hall–Kier alpha value is -0.650. The third kappa shape index (κ3) is 4.55. The van der Waals surface area contributed by atoms with Gasteiger partial charge in [-0.2, -0.15) is 0 Å². The van der Waals surface area contributed by atoms with Crippen LogP contribution in [0.2, 0.25) is 0 Å². The van der Waals surface area contributed by atoms with Crippen molar-refractivity contribution in [1.82, 2.24) is 10.2 Å². The Labute approximate surface area is 86.8 Å². The van der Waals surface area contributed by atoms with Crippen molar-refractivity contribution in [2.75, 3.05) is 40.9 Å². The predicted octanol–water partition coefficient (Wildman–Crippen LogP) is -0.327. The lowest BCUT2D eigenvalue weighted by Crippen LogP contribution is -2.42. The van der Waals surface area contributed by atoms with Crippen molar-refractivity contribution in [3.05, 3.63) is 0 Å². The van der Waals surface area contributed by atoms with Crippen LogP contribution in [0.1, 0.15) is 8.29 Å². The smallest absolute Gasteiger partial charge is 0.236 e. The molecule has 0 aromatic rings. The van der Waals surface area contributed by atoms with E-state index in [-0.39, 0.29) is 5.91 Å². The molecule has 1 amide bonds. The highest BCUT2D eigenvalue weighted by Crippen LogP contribution is 1.97. The zero-order valence-electron chi connectivity index (χ0n) is 10.2. The maximum atomic E-state index is 11.6. The van der Waals surface area contributed by atoms with Crippen LogP contribution in [-0.2, 0) is 14.3 Å². The van der Waals surface area contributed by atoms with Gasteiger partial charge in [0, 0.05) is 20.8 Å². The number of nitrogens with one attached hydrogen (secondary N) is 1. The highest BCUT2D eigenvalue weighted by atomic mass is 16.7. The van der Waals surface area contributed by atoms with E-state index in [1.54, 1.807) is 7.05 Å². The van der Waals surface area contributed by atoms with Crippen LogP contribution in [0.25, 0.3) is 0 Å². The molecule has 84 valence electrons. The van der Waals surface area contributed by atoms with Crippen molar-refractivity contribution in [2.24, 2.45) is 0 Å². The molecular formula is C9H20N2O3. The fraction of sp³-hybridized carbons (Fsp3) is 0.889. The molecule has 5 heteroatoms. The van der Waals surface area contributed by atoms with Gasteiger partial charge in [-0.15, -0.1) is 0 Å². The van der Waals surface area contributed by atoms with Gasteiger partial charge in [0.05, 0.1) is 14.4 Å². The Morgan fingerprint density at radius 3 is 2.50 bits per heavy atom. The van der Waals surface area contributed by atoms with Gasteiger partial charge in [-0.25, -0.2) is 0 Å². The molecule has 5 nitrogen and oxygen atoms in total. The lowest BCUT2D eigenvalue weighted by atomic mass is 10.4. The van der Waals surface area contributed by atoms with Gasteiger partial charge in [0.2, 0.25) is 5.91 Å². The molecule has 0 rings (SSSR count). The summed E-state index contributed by atoms with van der Waals surface area (Å²) in [6.45, 7) is 1.78. The number of likely N-dealkylation sites (N-methyl/N-ethyl adjacent to an activating group) is 2. The highest BCUT2D eigenvalue weighted by molar-refractivity contribution is 5.78. The second kappa shape index (κ2) is 7.73. The van der Waals surface area contributed by atoms with E-state index in [4.69, 9.17) is 10.8 Å². The van der Waals surface area contributed by atoms with Gasteiger partial charge in [-0.05, 0) is 14.0 Å². The van der Waals surface area contributed by atoms with E-state index in [0.29, 0.717) is 13.1 Å². The predicted molar refractivity (Wildman–Crippen MR) is 54.0 cm³/mol. The SMILES string of the molecule is [2H]C(NC)C(=O)N(CC)CC(OC)OC. The van der Waals surface area contributed by atoms with Crippen molar-refractivity contribution < 1.29 is 15.6 Å². The minimum Gasteiger partial charge on any atom is -0.354 e. The first kappa shape index (κ1) is 11.4. The highest BCUT2D eigenvalue weighted by Gasteiger charge is 2.15. The molecule has 0 saturated carbocycles. The second-order valence-corrected chi connectivity index (χ2v) is 2.71. The quantitative estimate of drug-likeness (QED) is 0.578. The first-order valence-electron chi connectivity index (χ1n) is 5.12. The Bertz CT molecular complexity index is 188. The molecule has 0 saturated heterocycles. The van der Waals surface area contributed by atoms with E-state index in [1.807, 2.05) is 6.92 Å². The third-order valence-corrected chi connectivity index (χ3v) is 1.86. The molecule has 0 aromatic carbocycles. The molecule has 0 heterocycles. The Kier molecular flexibility index (Phi) is 6.30. The van der Waals surface area contributed by atoms with Crippen LogP contribution in [0.15, 0.2) is 0 Å². The zero-order chi connectivity index (χ0) is 11.8. The van der Waals surface area contributed by atoms with Crippen LogP contribution in [0.5, 0.6) is 0 Å². The van der Waals surface area contributed by atoms with Crippen LogP contribution < -0.4 is 5.32 Å². The monoisotopic (exact) mass is 205 g/mol. The normalized spacial score (nSPS) is 13.9. The number of nitrogens with zero attached hydrogens (tertiary/aromatic N) is 1. The van der Waals surface area contributed by atoms with Crippen LogP contribution in [0.4, 0.5) is 0 Å². The van der Waals surface area contributed by atoms with Gasteiger partial charge in [0.25, 0.3) is 0 Å². The van der Waals surface area contributed by atoms with E-state index in [0.717, 1.165) is 0 Å². The summed E-state index contributed by atoms with van der Waals surface area (Å²) < 4.78 is 17.4. The summed E-state index contributed by atoms with van der Waals surface area (Å²) >= 11 is 0. The van der Waals surface area contributed by atoms with E-state index >= 15 is 0 Å². The average molecular weight is 205 g/mol. The van der Waals surface area contributed by atoms with Gasteiger partial charge in [0.15, 0.2) is 6.29 Å². The molecule has 14 heavy (non-hydrogen) atoms. The summed E-state index contributed by atoms with van der Waals surface area (Å²) in [6, 6.07) is 0. The Morgan fingerprint density at radius 1 is 1.57 bits per heavy atom. The number of hydrogen-bond donors (Lipinski definition) is 1. The second-order valence-electron chi connectivity index (χ2n) is 2.71. The summed E-state index contributed by atoms with van der Waals surface area (Å²) in [5, 5.41) is 2.58. The molecule has 0 radical (unpaired) electrons. The summed E-state index contributed by atoms with van der Waals surface area (Å²) in [7, 11) is 4.61. The number of hydrogen-bond acceptors (Lipinski definition) is 4. The van der Waals surface area contributed by atoms with Gasteiger partial charge in [-0.1, -0.05) is 0 Å². The van der Waals surface area contributed by atoms with Crippen molar-refractivity contribution >= 4 is 5.91 Å². The van der Waals surface area contributed by atoms with Crippen molar-refractivity contribution in [1.29, 1.82) is 0 Å². The average Bonchev–Trinajstić information content (AvgIpc) is 2.29. The summed E-state index contributed by atoms with van der Waals surface area (Å²) in [6.07, 6.45) is -0.446. The molecule has 0 bridgehead atoms. The molecule has 0 aliphatic carbocycles. The molecule has 1 atom stereocenters. The van der Waals surface area contributed by atoms with Crippen molar-refractivity contribution in [3.8, 4) is 0 Å². The maximum Gasteiger partial charge on any atom is 0.236 e. The van der Waals surface area contributed by atoms with E-state index in [9.17, 15) is 4.79 Å². The van der Waals surface area contributed by atoms with Crippen LogP contribution in [0, 0.1) is 0 Å². The standard InChI is InChI=1S/C9H20N2O3/c1-5-11(8(12)6-10-2)7-9(13-3)14-4/h9-10H,5-7H2,1-4H3/i6D. The van der Waals surface area contributed by atoms with E-state index < -0.39 is 12.8 Å². The summed E-state index contributed by atoms with van der Waals surface area (Å²) in [5.41, 5.74) is 0. The lowest BCUT2D eigenvalue weighted by molar-refractivity contribution is -0.144. The lowest BCUT2D eigenvalue weighted by Gasteiger charge is -2.24. The number of methoxy groups -OCH3 is 2. The van der Waals surface area contributed by atoms with Crippen LogP contribution in [-0.4, -0.2) is 58.0 Å². The first-order chi connectivity index (χ1) is 7.10. The number of rotatable bonds is 7. The molecule has 0 aromatic heterocycles. The van der Waals surface area contributed by atoms with Crippen molar-refractivity contribution in [3.63, 3.8) is 0 Å². The number of carbonyl (C=O) groups excluding carboxylic acids is 1. The topological polar surface area (TPSA) is 50.8 Å². The Balaban J connectivity index is 4.28. The molecule has 1 unspecified atom stereocenters. The molecule has 1 N–H and O–H groups in total. The van der Waals surface area contributed by atoms with E-state index in [1.165, 1.54) is 19.1 Å². The van der Waals surface area contributed by atoms with Crippen molar-refractivity contribution in [2.45, 2.75) is 13.2 Å². The fourth-order valence-corrected chi connectivity index (χ4v) is 1.01. The van der Waals surface area contributed by atoms with Gasteiger partial charge < -0.3 is 19.7 Å². The molecule has 0 fully saturated rings. The molecular weight excluding hydrogens is 184 g/mol.